The van der Waals surface area contributed by atoms with E-state index in [2.05, 4.69) is 5.32 Å². The summed E-state index contributed by atoms with van der Waals surface area (Å²) in [6.45, 7) is 6.53. The van der Waals surface area contributed by atoms with Crippen LogP contribution < -0.4 is 5.32 Å². The molecule has 1 N–H and O–H groups in total. The predicted octanol–water partition coefficient (Wildman–Crippen LogP) is 2.66. The average Bonchev–Trinajstić information content (AvgIpc) is 2.89. The molecule has 5 heteroatoms. The molecule has 0 radical (unpaired) electrons. The van der Waals surface area contributed by atoms with E-state index in [0.29, 0.717) is 12.1 Å². The molecular formula is C15H22N2O2S. The fourth-order valence-electron chi connectivity index (χ4n) is 2.45. The Bertz CT molecular complexity index is 477. The van der Waals surface area contributed by atoms with Crippen LogP contribution in [0.25, 0.3) is 0 Å². The summed E-state index contributed by atoms with van der Waals surface area (Å²) in [7, 11) is 0. The molecule has 0 aliphatic carbocycles. The Balaban J connectivity index is 2.13. The number of carbonyl (C=O) groups excluding carboxylic acids is 2. The molecule has 1 aliphatic heterocycles. The Morgan fingerprint density at radius 3 is 2.70 bits per heavy atom. The predicted molar refractivity (Wildman–Crippen MR) is 80.9 cm³/mol. The van der Waals surface area contributed by atoms with E-state index in [1.807, 2.05) is 37.6 Å². The summed E-state index contributed by atoms with van der Waals surface area (Å²) in [5.74, 6) is -0.0687. The van der Waals surface area contributed by atoms with Crippen molar-refractivity contribution in [3.63, 3.8) is 0 Å². The van der Waals surface area contributed by atoms with Gasteiger partial charge in [-0.15, -0.1) is 0 Å². The van der Waals surface area contributed by atoms with Crippen molar-refractivity contribution in [2.45, 2.75) is 51.6 Å². The van der Waals surface area contributed by atoms with E-state index >= 15 is 0 Å². The van der Waals surface area contributed by atoms with E-state index in [9.17, 15) is 9.59 Å². The molecule has 1 fully saturated rings. The fraction of sp³-hybridized carbons (Fsp3) is 0.600. The van der Waals surface area contributed by atoms with Crippen LogP contribution in [0.4, 0.5) is 0 Å². The Kier molecular flexibility index (Phi) is 4.48. The second kappa shape index (κ2) is 5.95. The lowest BCUT2D eigenvalue weighted by molar-refractivity contribution is -0.128. The molecule has 1 aromatic heterocycles. The highest BCUT2D eigenvalue weighted by molar-refractivity contribution is 7.08. The second-order valence-corrected chi connectivity index (χ2v) is 7.04. The van der Waals surface area contributed by atoms with Gasteiger partial charge < -0.3 is 10.2 Å². The standard InChI is InChI=1S/C15H22N2O2S/c1-15(2,3)16-13(18)12-6-4-5-8-17(12)14(19)11-7-9-20-10-11/h7,9-10,12H,4-6,8H2,1-3H3,(H,16,18)/t12-/m1/s1. The maximum absolute atomic E-state index is 12.5. The van der Waals surface area contributed by atoms with Gasteiger partial charge in [-0.1, -0.05) is 0 Å². The third-order valence-corrected chi connectivity index (χ3v) is 4.02. The van der Waals surface area contributed by atoms with Gasteiger partial charge in [-0.05, 0) is 51.5 Å². The SMILES string of the molecule is CC(C)(C)NC(=O)[C@H]1CCCCN1C(=O)c1ccsc1. The molecule has 0 aromatic carbocycles. The maximum Gasteiger partial charge on any atom is 0.255 e. The molecule has 20 heavy (non-hydrogen) atoms. The molecule has 0 bridgehead atoms. The summed E-state index contributed by atoms with van der Waals surface area (Å²) in [5.41, 5.74) is 0.413. The number of likely N-dealkylation sites (tertiary alicyclic amines) is 1. The highest BCUT2D eigenvalue weighted by Gasteiger charge is 2.34. The first-order valence-electron chi connectivity index (χ1n) is 7.04. The van der Waals surface area contributed by atoms with Crippen molar-refractivity contribution in [2.75, 3.05) is 6.54 Å². The lowest BCUT2D eigenvalue weighted by Gasteiger charge is -2.36. The van der Waals surface area contributed by atoms with Gasteiger partial charge in [0.1, 0.15) is 6.04 Å². The molecule has 1 atom stereocenters. The van der Waals surface area contributed by atoms with Crippen molar-refractivity contribution in [1.29, 1.82) is 0 Å². The van der Waals surface area contributed by atoms with Crippen LogP contribution >= 0.6 is 11.3 Å². The number of amides is 2. The molecule has 0 spiro atoms. The number of nitrogens with zero attached hydrogens (tertiary/aromatic N) is 1. The molecule has 1 aliphatic rings. The summed E-state index contributed by atoms with van der Waals surface area (Å²) in [6, 6.07) is 1.48. The normalized spacial score (nSPS) is 19.8. The van der Waals surface area contributed by atoms with Crippen LogP contribution in [0.3, 0.4) is 0 Å². The number of rotatable bonds is 2. The second-order valence-electron chi connectivity index (χ2n) is 6.26. The van der Waals surface area contributed by atoms with Gasteiger partial charge in [0.05, 0.1) is 5.56 Å². The minimum atomic E-state index is -0.338. The first-order chi connectivity index (χ1) is 9.38. The van der Waals surface area contributed by atoms with E-state index in [1.54, 1.807) is 4.90 Å². The van der Waals surface area contributed by atoms with E-state index < -0.39 is 0 Å². The summed E-state index contributed by atoms with van der Waals surface area (Å²) >= 11 is 1.50. The van der Waals surface area contributed by atoms with E-state index in [0.717, 1.165) is 19.3 Å². The Labute approximate surface area is 124 Å². The number of thiophene rings is 1. The molecule has 2 rings (SSSR count). The van der Waals surface area contributed by atoms with Crippen molar-refractivity contribution >= 4 is 23.2 Å². The largest absolute Gasteiger partial charge is 0.350 e. The quantitative estimate of drug-likeness (QED) is 0.911. The molecule has 1 saturated heterocycles. The van der Waals surface area contributed by atoms with Crippen LogP contribution in [0, 0.1) is 0 Å². The van der Waals surface area contributed by atoms with Gasteiger partial charge in [0, 0.05) is 17.5 Å². The molecule has 4 nitrogen and oxygen atoms in total. The number of hydrogen-bond donors (Lipinski definition) is 1. The van der Waals surface area contributed by atoms with Crippen molar-refractivity contribution < 1.29 is 9.59 Å². The fourth-order valence-corrected chi connectivity index (χ4v) is 3.08. The van der Waals surface area contributed by atoms with Crippen LogP contribution in [0.2, 0.25) is 0 Å². The molecule has 2 heterocycles. The summed E-state index contributed by atoms with van der Waals surface area (Å²) < 4.78 is 0. The maximum atomic E-state index is 12.5. The summed E-state index contributed by atoms with van der Waals surface area (Å²) in [6.07, 6.45) is 2.71. The molecule has 2 amide bonds. The number of piperidine rings is 1. The van der Waals surface area contributed by atoms with Gasteiger partial charge in [-0.2, -0.15) is 11.3 Å². The minimum absolute atomic E-state index is 0.0278. The third kappa shape index (κ3) is 3.60. The molecular weight excluding hydrogens is 272 g/mol. The Morgan fingerprint density at radius 2 is 2.10 bits per heavy atom. The lowest BCUT2D eigenvalue weighted by atomic mass is 9.99. The van der Waals surface area contributed by atoms with Crippen LogP contribution in [-0.4, -0.2) is 34.8 Å². The van der Waals surface area contributed by atoms with Crippen LogP contribution in [-0.2, 0) is 4.79 Å². The monoisotopic (exact) mass is 294 g/mol. The molecule has 110 valence electrons. The first-order valence-corrected chi connectivity index (χ1v) is 7.98. The Morgan fingerprint density at radius 1 is 1.35 bits per heavy atom. The highest BCUT2D eigenvalue weighted by Crippen LogP contribution is 2.21. The van der Waals surface area contributed by atoms with Crippen LogP contribution in [0.5, 0.6) is 0 Å². The van der Waals surface area contributed by atoms with Gasteiger partial charge in [0.15, 0.2) is 0 Å². The zero-order valence-electron chi connectivity index (χ0n) is 12.3. The molecule has 0 saturated carbocycles. The topological polar surface area (TPSA) is 49.4 Å². The first kappa shape index (κ1) is 15.0. The van der Waals surface area contributed by atoms with Gasteiger partial charge in [0.25, 0.3) is 5.91 Å². The van der Waals surface area contributed by atoms with Crippen molar-refractivity contribution in [3.8, 4) is 0 Å². The van der Waals surface area contributed by atoms with Gasteiger partial charge in [-0.3, -0.25) is 9.59 Å². The van der Waals surface area contributed by atoms with Crippen molar-refractivity contribution in [2.24, 2.45) is 0 Å². The molecule has 0 unspecified atom stereocenters. The summed E-state index contributed by atoms with van der Waals surface area (Å²) in [4.78, 5) is 26.6. The Hall–Kier alpha value is -1.36. The average molecular weight is 294 g/mol. The van der Waals surface area contributed by atoms with E-state index in [4.69, 9.17) is 0 Å². The summed E-state index contributed by atoms with van der Waals surface area (Å²) in [5, 5.41) is 6.72. The zero-order valence-corrected chi connectivity index (χ0v) is 13.1. The number of hydrogen-bond acceptors (Lipinski definition) is 3. The van der Waals surface area contributed by atoms with Crippen LogP contribution in [0.1, 0.15) is 50.4 Å². The van der Waals surface area contributed by atoms with Gasteiger partial charge in [0.2, 0.25) is 5.91 Å². The number of nitrogens with one attached hydrogen (secondary N) is 1. The smallest absolute Gasteiger partial charge is 0.255 e. The van der Waals surface area contributed by atoms with Gasteiger partial charge >= 0.3 is 0 Å². The van der Waals surface area contributed by atoms with Crippen molar-refractivity contribution in [3.05, 3.63) is 22.4 Å². The van der Waals surface area contributed by atoms with Gasteiger partial charge in [-0.25, -0.2) is 0 Å². The zero-order chi connectivity index (χ0) is 14.8. The highest BCUT2D eigenvalue weighted by atomic mass is 32.1. The third-order valence-electron chi connectivity index (χ3n) is 3.33. The lowest BCUT2D eigenvalue weighted by Crippen LogP contribution is -2.55. The van der Waals surface area contributed by atoms with Crippen molar-refractivity contribution in [1.82, 2.24) is 10.2 Å². The number of carbonyl (C=O) groups is 2. The van der Waals surface area contributed by atoms with Crippen LogP contribution in [0.15, 0.2) is 16.8 Å². The van der Waals surface area contributed by atoms with E-state index in [1.165, 1.54) is 11.3 Å². The molecule has 1 aromatic rings. The minimum Gasteiger partial charge on any atom is -0.350 e. The van der Waals surface area contributed by atoms with E-state index in [-0.39, 0.29) is 23.4 Å².